The molecule has 4 aliphatic rings. The van der Waals surface area contributed by atoms with Crippen molar-refractivity contribution >= 4 is 17.8 Å². The zero-order valence-electron chi connectivity index (χ0n) is 19.7. The van der Waals surface area contributed by atoms with Gasteiger partial charge >= 0.3 is 5.97 Å². The van der Waals surface area contributed by atoms with E-state index in [2.05, 4.69) is 6.92 Å². The minimum absolute atomic E-state index is 0.0960. The maximum Gasteiger partial charge on any atom is 0.313 e. The molecule has 0 aromatic heterocycles. The smallest absolute Gasteiger partial charge is 0.313 e. The fourth-order valence-corrected chi connectivity index (χ4v) is 6.00. The number of unbranched alkanes of at least 4 members (excludes halogenated alkanes) is 3. The lowest BCUT2D eigenvalue weighted by Gasteiger charge is -2.38. The van der Waals surface area contributed by atoms with Gasteiger partial charge < -0.3 is 24.4 Å². The second-order valence-corrected chi connectivity index (χ2v) is 9.51. The maximum atomic E-state index is 13.9. The van der Waals surface area contributed by atoms with E-state index in [0.29, 0.717) is 38.9 Å². The first-order valence-corrected chi connectivity index (χ1v) is 12.4. The van der Waals surface area contributed by atoms with Crippen LogP contribution in [-0.4, -0.2) is 82.8 Å². The Kier molecular flexibility index (Phi) is 6.96. The van der Waals surface area contributed by atoms with Gasteiger partial charge in [-0.2, -0.15) is 0 Å². The Morgan fingerprint density at radius 3 is 2.55 bits per heavy atom. The highest BCUT2D eigenvalue weighted by molar-refractivity contribution is 5.99. The van der Waals surface area contributed by atoms with Gasteiger partial charge in [0.1, 0.15) is 29.8 Å². The molecule has 0 saturated carbocycles. The number of likely N-dealkylation sites (tertiary alicyclic amines) is 1. The number of hydrogen-bond donors (Lipinski definition) is 1. The molecule has 2 saturated heterocycles. The number of aliphatic hydroxyl groups excluding tert-OH is 1. The van der Waals surface area contributed by atoms with Gasteiger partial charge in [0.05, 0.1) is 5.92 Å². The third-order valence-electron chi connectivity index (χ3n) is 7.62. The number of carbonyl (C=O) groups excluding carboxylic acids is 3. The molecule has 8 nitrogen and oxygen atoms in total. The summed E-state index contributed by atoms with van der Waals surface area (Å²) < 4.78 is 12.2. The van der Waals surface area contributed by atoms with Gasteiger partial charge in [-0.25, -0.2) is 0 Å². The standard InChI is InChI=1S/C25H36N2O6/c1-3-5-13-26-14-9-12-25-18(19-23(31)32-17-10-11-24(19,4-2)33-25)21(29)27(20(25)22(26)30)15-7-6-8-16-28/h9-12,18-20,28H,3-8,13-17H2,1-2H3/t18-,19+,20?,24-,25-/m0/s1. The summed E-state index contributed by atoms with van der Waals surface area (Å²) in [6, 6.07) is -0.809. The highest BCUT2D eigenvalue weighted by Crippen LogP contribution is 2.58. The van der Waals surface area contributed by atoms with Crippen LogP contribution in [0.3, 0.4) is 0 Å². The number of amides is 2. The Morgan fingerprint density at radius 1 is 1.00 bits per heavy atom. The molecule has 4 heterocycles. The number of cyclic esters (lactones) is 1. The average Bonchev–Trinajstić information content (AvgIpc) is 3.08. The monoisotopic (exact) mass is 460 g/mol. The molecule has 8 heteroatoms. The first-order valence-electron chi connectivity index (χ1n) is 12.4. The Morgan fingerprint density at radius 2 is 1.82 bits per heavy atom. The molecule has 33 heavy (non-hydrogen) atoms. The molecule has 182 valence electrons. The third kappa shape index (κ3) is 3.81. The van der Waals surface area contributed by atoms with Crippen LogP contribution in [0.4, 0.5) is 0 Å². The van der Waals surface area contributed by atoms with E-state index >= 15 is 0 Å². The van der Waals surface area contributed by atoms with Crippen molar-refractivity contribution in [3.63, 3.8) is 0 Å². The largest absolute Gasteiger partial charge is 0.461 e. The SMILES string of the molecule is CCCCN1CC=C[C@]23O[C@@]4(CC)C=CCOC(=O)[C@H]4[C@H]2C(=O)N(CCCCCO)C3C1=O. The predicted octanol–water partition coefficient (Wildman–Crippen LogP) is 1.82. The van der Waals surface area contributed by atoms with Gasteiger partial charge in [0.2, 0.25) is 11.8 Å². The van der Waals surface area contributed by atoms with Crippen LogP contribution >= 0.6 is 0 Å². The Hall–Kier alpha value is -2.19. The minimum Gasteiger partial charge on any atom is -0.461 e. The number of ether oxygens (including phenoxy) is 2. The molecule has 0 radical (unpaired) electrons. The van der Waals surface area contributed by atoms with Gasteiger partial charge in [0, 0.05) is 26.2 Å². The van der Waals surface area contributed by atoms with Crippen molar-refractivity contribution in [3.8, 4) is 0 Å². The van der Waals surface area contributed by atoms with Crippen LogP contribution in [0.25, 0.3) is 0 Å². The molecule has 2 amide bonds. The van der Waals surface area contributed by atoms with Gasteiger partial charge in [0.15, 0.2) is 0 Å². The van der Waals surface area contributed by atoms with Crippen molar-refractivity contribution in [1.29, 1.82) is 0 Å². The van der Waals surface area contributed by atoms with Crippen molar-refractivity contribution in [2.24, 2.45) is 11.8 Å². The first kappa shape index (κ1) is 24.0. The normalized spacial score (nSPS) is 35.2. The summed E-state index contributed by atoms with van der Waals surface area (Å²) in [6.45, 7) is 5.75. The average molecular weight is 461 g/mol. The topological polar surface area (TPSA) is 96.4 Å². The number of fused-ring (bicyclic) bond motifs is 2. The summed E-state index contributed by atoms with van der Waals surface area (Å²) in [5.74, 6) is -2.37. The summed E-state index contributed by atoms with van der Waals surface area (Å²) >= 11 is 0. The van der Waals surface area contributed by atoms with Crippen molar-refractivity contribution < 1.29 is 29.0 Å². The molecule has 0 aromatic rings. The molecule has 1 unspecified atom stereocenters. The molecule has 5 atom stereocenters. The third-order valence-corrected chi connectivity index (χ3v) is 7.62. The number of carbonyl (C=O) groups is 3. The molecular weight excluding hydrogens is 424 g/mol. The summed E-state index contributed by atoms with van der Waals surface area (Å²) in [5.41, 5.74) is -2.17. The van der Waals surface area contributed by atoms with Crippen LogP contribution in [0.1, 0.15) is 52.4 Å². The highest BCUT2D eigenvalue weighted by atomic mass is 16.6. The molecular formula is C25H36N2O6. The Bertz CT molecular complexity index is 841. The van der Waals surface area contributed by atoms with E-state index in [-0.39, 0.29) is 25.0 Å². The molecule has 1 spiro atoms. The zero-order valence-corrected chi connectivity index (χ0v) is 19.7. The van der Waals surface area contributed by atoms with Gasteiger partial charge in [-0.15, -0.1) is 0 Å². The summed E-state index contributed by atoms with van der Waals surface area (Å²) in [4.78, 5) is 44.4. The van der Waals surface area contributed by atoms with Crippen LogP contribution in [0.5, 0.6) is 0 Å². The van der Waals surface area contributed by atoms with Crippen molar-refractivity contribution in [2.75, 3.05) is 32.8 Å². The van der Waals surface area contributed by atoms with E-state index in [1.807, 2.05) is 25.2 Å². The van der Waals surface area contributed by atoms with E-state index in [9.17, 15) is 14.4 Å². The molecule has 0 aromatic carbocycles. The lowest BCUT2D eigenvalue weighted by Crippen LogP contribution is -2.56. The molecule has 1 N–H and O–H groups in total. The number of hydrogen-bond acceptors (Lipinski definition) is 6. The molecule has 4 aliphatic heterocycles. The van der Waals surface area contributed by atoms with Gasteiger partial charge in [-0.3, -0.25) is 14.4 Å². The Labute approximate surface area is 195 Å². The van der Waals surface area contributed by atoms with Crippen LogP contribution in [0.2, 0.25) is 0 Å². The summed E-state index contributed by atoms with van der Waals surface area (Å²) in [6.07, 6.45) is 11.9. The Balaban J connectivity index is 1.77. The fraction of sp³-hybridized carbons (Fsp3) is 0.720. The number of rotatable bonds is 9. The lowest BCUT2D eigenvalue weighted by atomic mass is 9.73. The van der Waals surface area contributed by atoms with Crippen LogP contribution in [0, 0.1) is 11.8 Å². The molecule has 0 bridgehead atoms. The van der Waals surface area contributed by atoms with E-state index in [1.165, 1.54) is 0 Å². The quantitative estimate of drug-likeness (QED) is 0.320. The zero-order chi connectivity index (χ0) is 23.6. The van der Waals surface area contributed by atoms with Gasteiger partial charge in [-0.1, -0.05) is 38.5 Å². The maximum absolute atomic E-state index is 13.9. The van der Waals surface area contributed by atoms with Crippen LogP contribution in [-0.2, 0) is 23.9 Å². The van der Waals surface area contributed by atoms with Crippen molar-refractivity contribution in [3.05, 3.63) is 24.3 Å². The lowest BCUT2D eigenvalue weighted by molar-refractivity contribution is -0.159. The molecule has 4 rings (SSSR count). The van der Waals surface area contributed by atoms with E-state index < -0.39 is 35.0 Å². The minimum atomic E-state index is -1.20. The van der Waals surface area contributed by atoms with Crippen molar-refractivity contribution in [2.45, 2.75) is 69.6 Å². The second kappa shape index (κ2) is 9.58. The summed E-state index contributed by atoms with van der Waals surface area (Å²) in [5, 5.41) is 9.14. The summed E-state index contributed by atoms with van der Waals surface area (Å²) in [7, 11) is 0. The van der Waals surface area contributed by atoms with Crippen molar-refractivity contribution in [1.82, 2.24) is 9.80 Å². The molecule has 2 fully saturated rings. The number of aliphatic hydroxyl groups is 1. The number of esters is 1. The van der Waals surface area contributed by atoms with Crippen LogP contribution < -0.4 is 0 Å². The molecule has 0 aliphatic carbocycles. The van der Waals surface area contributed by atoms with Gasteiger partial charge in [0.25, 0.3) is 0 Å². The van der Waals surface area contributed by atoms with Crippen LogP contribution in [0.15, 0.2) is 24.3 Å². The second-order valence-electron chi connectivity index (χ2n) is 9.51. The van der Waals surface area contributed by atoms with E-state index in [0.717, 1.165) is 19.3 Å². The fourth-order valence-electron chi connectivity index (χ4n) is 6.00. The van der Waals surface area contributed by atoms with Gasteiger partial charge in [-0.05, 0) is 38.2 Å². The highest BCUT2D eigenvalue weighted by Gasteiger charge is 2.75. The van der Waals surface area contributed by atoms with E-state index in [4.69, 9.17) is 14.6 Å². The number of nitrogens with zero attached hydrogens (tertiary/aromatic N) is 2. The first-order chi connectivity index (χ1) is 16.0. The van der Waals surface area contributed by atoms with E-state index in [1.54, 1.807) is 15.9 Å². The predicted molar refractivity (Wildman–Crippen MR) is 121 cm³/mol.